The molecule has 3 aliphatic carbocycles. The molecule has 3 aromatic rings. The number of methoxy groups -OCH3 is 1. The molecule has 432 valence electrons. The van der Waals surface area contributed by atoms with E-state index in [4.69, 9.17) is 23.7 Å². The highest BCUT2D eigenvalue weighted by atomic mass is 32.2. The van der Waals surface area contributed by atoms with E-state index in [1.165, 1.54) is 63.9 Å². The number of hydrogen-bond acceptors (Lipinski definition) is 18. The lowest BCUT2D eigenvalue weighted by atomic mass is 9.49. The van der Waals surface area contributed by atoms with Gasteiger partial charge in [0.1, 0.15) is 48.1 Å². The van der Waals surface area contributed by atoms with Crippen molar-refractivity contribution in [2.45, 2.75) is 139 Å². The van der Waals surface area contributed by atoms with Gasteiger partial charge in [-0.05, 0) is 65.7 Å². The van der Waals surface area contributed by atoms with Crippen LogP contribution in [0.15, 0.2) is 102 Å². The van der Waals surface area contributed by atoms with Crippen LogP contribution < -0.4 is 21.3 Å². The summed E-state index contributed by atoms with van der Waals surface area (Å²) in [5.74, 6) is -9.43. The first-order valence-corrected chi connectivity index (χ1v) is 27.9. The van der Waals surface area contributed by atoms with E-state index in [1.54, 1.807) is 80.6 Å². The Morgan fingerprint density at radius 2 is 1.44 bits per heavy atom. The predicted molar refractivity (Wildman–Crippen MR) is 289 cm³/mol. The quantitative estimate of drug-likeness (QED) is 0.0458. The van der Waals surface area contributed by atoms with Gasteiger partial charge in [0.05, 0.1) is 43.3 Å². The van der Waals surface area contributed by atoms with Crippen LogP contribution in [0.4, 0.5) is 4.79 Å². The van der Waals surface area contributed by atoms with Gasteiger partial charge < -0.3 is 65.4 Å². The number of nitrogens with one attached hydrogen (secondary N) is 4. The van der Waals surface area contributed by atoms with E-state index in [2.05, 4.69) is 21.3 Å². The predicted octanol–water partition coefficient (Wildman–Crippen LogP) is 2.81. The maximum absolute atomic E-state index is 14.9. The van der Waals surface area contributed by atoms with E-state index >= 15 is 0 Å². The van der Waals surface area contributed by atoms with Crippen LogP contribution in [-0.2, 0) is 58.9 Å². The molecular formula is C58H72N4O17S. The van der Waals surface area contributed by atoms with Crippen molar-refractivity contribution in [3.05, 3.63) is 119 Å². The van der Waals surface area contributed by atoms with Crippen molar-refractivity contribution < 1.29 is 82.5 Å². The second-order valence-corrected chi connectivity index (χ2v) is 22.8. The number of rotatable bonds is 20. The summed E-state index contributed by atoms with van der Waals surface area (Å²) in [5.41, 5.74) is -5.02. The van der Waals surface area contributed by atoms with E-state index in [0.29, 0.717) is 11.3 Å². The van der Waals surface area contributed by atoms with Crippen molar-refractivity contribution in [3.63, 3.8) is 0 Å². The van der Waals surface area contributed by atoms with Gasteiger partial charge >= 0.3 is 29.9 Å². The lowest BCUT2D eigenvalue weighted by molar-refractivity contribution is -0.332. The molecule has 3 fully saturated rings. The minimum Gasteiger partial charge on any atom is -0.467 e. The maximum atomic E-state index is 14.9. The van der Waals surface area contributed by atoms with Gasteiger partial charge in [0.15, 0.2) is 17.5 Å². The molecule has 14 atom stereocenters. The summed E-state index contributed by atoms with van der Waals surface area (Å²) in [6, 6.07) is 18.2. The van der Waals surface area contributed by atoms with Crippen molar-refractivity contribution in [2.75, 3.05) is 25.7 Å². The maximum Gasteiger partial charge on any atom is 0.338 e. The number of benzene rings is 3. The van der Waals surface area contributed by atoms with Crippen molar-refractivity contribution in [3.8, 4) is 0 Å². The third kappa shape index (κ3) is 12.4. The molecule has 21 nitrogen and oxygen atoms in total. The number of esters is 4. The van der Waals surface area contributed by atoms with Crippen LogP contribution >= 0.6 is 11.8 Å². The Hall–Kier alpha value is -6.69. The molecule has 0 radical (unpaired) electrons. The van der Waals surface area contributed by atoms with Crippen LogP contribution in [0.3, 0.4) is 0 Å². The molecule has 4 amide bonds. The topological polar surface area (TPSA) is 312 Å². The monoisotopic (exact) mass is 1130 g/mol. The lowest BCUT2D eigenvalue weighted by Crippen LogP contribution is -2.79. The number of ketones is 1. The number of aliphatic hydroxyl groups is 4. The Bertz CT molecular complexity index is 2800. The molecule has 3 aromatic carbocycles. The highest BCUT2D eigenvalue weighted by Gasteiger charge is 2.74. The number of thioether (sulfide) groups is 1. The molecule has 8 N–H and O–H groups in total. The Kier molecular flexibility index (Phi) is 19.4. The number of carbonyl (C=O) groups is 8. The molecule has 3 unspecified atom stereocenters. The van der Waals surface area contributed by atoms with Gasteiger partial charge in [-0.25, -0.2) is 19.2 Å². The second-order valence-electron chi connectivity index (χ2n) is 21.8. The molecule has 1 heterocycles. The zero-order chi connectivity index (χ0) is 58.4. The first-order valence-electron chi connectivity index (χ1n) is 26.5. The SMILES string of the molecule is COC(=O)[C@H](CCSC)NC(=O)[C@H](Cc1ccccc1)NC(=O)[C@@H](NC(=O)N[C@@H](c1ccccc1)[C@@H](O)C(=O)O[C@H]1C[C@@]2(O)[C@@H](OC(=O)c3ccccc3)C3C(C(=O)[C@H](O)C(=C1C)C2(C)C)[C@@H](O)CC1OC[C@]13OC(C)=O)C(C)C. The van der Waals surface area contributed by atoms with Crippen LogP contribution in [0, 0.1) is 23.2 Å². The fourth-order valence-electron chi connectivity index (χ4n) is 11.8. The largest absolute Gasteiger partial charge is 0.467 e. The highest BCUT2D eigenvalue weighted by molar-refractivity contribution is 7.98. The minimum atomic E-state index is -2.43. The summed E-state index contributed by atoms with van der Waals surface area (Å²) < 4.78 is 29.1. The molecule has 0 spiro atoms. The van der Waals surface area contributed by atoms with Crippen molar-refractivity contribution in [1.29, 1.82) is 0 Å². The molecule has 0 aromatic heterocycles. The van der Waals surface area contributed by atoms with E-state index in [1.807, 2.05) is 6.26 Å². The van der Waals surface area contributed by atoms with Gasteiger partial charge in [-0.2, -0.15) is 11.8 Å². The number of ether oxygens (including phenoxy) is 5. The van der Waals surface area contributed by atoms with E-state index in [9.17, 15) is 58.8 Å². The van der Waals surface area contributed by atoms with E-state index < -0.39 is 149 Å². The smallest absolute Gasteiger partial charge is 0.338 e. The van der Waals surface area contributed by atoms with E-state index in [-0.39, 0.29) is 48.1 Å². The van der Waals surface area contributed by atoms with Gasteiger partial charge in [-0.3, -0.25) is 19.2 Å². The molecule has 7 rings (SSSR count). The van der Waals surface area contributed by atoms with Gasteiger partial charge in [-0.1, -0.05) is 107 Å². The number of fused-ring (bicyclic) bond motifs is 5. The Morgan fingerprint density at radius 1 is 0.825 bits per heavy atom. The van der Waals surface area contributed by atoms with Crippen LogP contribution in [0.2, 0.25) is 0 Å². The molecule has 4 aliphatic rings. The zero-order valence-electron chi connectivity index (χ0n) is 45.9. The average Bonchev–Trinajstić information content (AvgIpc) is 2.50. The van der Waals surface area contributed by atoms with Crippen LogP contribution in [0.25, 0.3) is 0 Å². The molecular weight excluding hydrogens is 1060 g/mol. The van der Waals surface area contributed by atoms with Gasteiger partial charge in [-0.15, -0.1) is 0 Å². The number of Topliss-reactive ketones (excluding diaryl/α,β-unsaturated/α-hetero) is 1. The third-order valence-corrected chi connectivity index (χ3v) is 16.8. The van der Waals surface area contributed by atoms with Gasteiger partial charge in [0.2, 0.25) is 11.8 Å². The number of carbonyl (C=O) groups excluding carboxylic acids is 8. The average molecular weight is 1130 g/mol. The van der Waals surface area contributed by atoms with Crippen molar-refractivity contribution >= 4 is 59.3 Å². The zero-order valence-corrected chi connectivity index (χ0v) is 46.7. The van der Waals surface area contributed by atoms with Crippen LogP contribution in [0.1, 0.15) is 88.3 Å². The number of urea groups is 1. The fourth-order valence-corrected chi connectivity index (χ4v) is 12.3. The Morgan fingerprint density at radius 3 is 2.01 bits per heavy atom. The van der Waals surface area contributed by atoms with Crippen LogP contribution in [-0.4, -0.2) is 160 Å². The van der Waals surface area contributed by atoms with E-state index in [0.717, 1.165) is 6.92 Å². The number of hydrogen-bond donors (Lipinski definition) is 8. The van der Waals surface area contributed by atoms with Crippen molar-refractivity contribution in [2.24, 2.45) is 23.2 Å². The number of amides is 4. The summed E-state index contributed by atoms with van der Waals surface area (Å²) in [4.78, 5) is 112. The second kappa shape index (κ2) is 25.4. The fraction of sp³-hybridized carbons (Fsp3) is 0.517. The molecule has 1 aliphatic heterocycles. The Balaban J connectivity index is 1.18. The summed E-state index contributed by atoms with van der Waals surface area (Å²) in [5, 5.41) is 60.3. The first-order chi connectivity index (χ1) is 37.9. The molecule has 2 saturated carbocycles. The normalized spacial score (nSPS) is 27.5. The summed E-state index contributed by atoms with van der Waals surface area (Å²) >= 11 is 1.46. The summed E-state index contributed by atoms with van der Waals surface area (Å²) in [6.45, 7) is 8.57. The molecule has 22 heteroatoms. The highest BCUT2D eigenvalue weighted by Crippen LogP contribution is 2.61. The minimum absolute atomic E-state index is 0.00570. The third-order valence-electron chi connectivity index (χ3n) is 16.1. The summed E-state index contributed by atoms with van der Waals surface area (Å²) in [7, 11) is 1.20. The lowest BCUT2D eigenvalue weighted by Gasteiger charge is -2.64. The molecule has 80 heavy (non-hydrogen) atoms. The standard InChI is InChI=1S/C58H72N4O17S/c1-30(2)44(51(69)60-37(26-33-18-12-9-13-19-33)50(68)59-36(24-25-80-8)53(71)75-7)61-55(73)62-45(34-20-14-10-15-21-34)48(67)54(72)77-39-28-58(74)49(78-52(70)35-22-16-11-17-23-35)43-41(46(65)47(66)42(31(39)3)56(58,5)6)38(64)27-40-57(43,29-76-40)79-32(4)63/h9-23,30,36-41,43-45,47-49,64,66-67,74H,24-29H2,1-8H3,(H,59,68)(H,60,69)(H2,61,62,73)/t36-,37-,38-,39-,40?,41?,43?,44-,45-,47+,48+,49-,57-,58+/m0/s1. The number of aliphatic hydroxyl groups excluding tert-OH is 3. The first kappa shape index (κ1) is 60.9. The van der Waals surface area contributed by atoms with Gasteiger partial charge in [0.25, 0.3) is 0 Å². The summed E-state index contributed by atoms with van der Waals surface area (Å²) in [6.07, 6.45) is -9.02. The molecule has 2 bridgehead atoms. The Labute approximate surface area is 468 Å². The molecule has 1 saturated heterocycles. The van der Waals surface area contributed by atoms with Crippen LogP contribution in [0.5, 0.6) is 0 Å². The van der Waals surface area contributed by atoms with Gasteiger partial charge in [0, 0.05) is 31.6 Å². The van der Waals surface area contributed by atoms with Crippen molar-refractivity contribution in [1.82, 2.24) is 21.3 Å².